The Morgan fingerprint density at radius 3 is 2.00 bits per heavy atom. The summed E-state index contributed by atoms with van der Waals surface area (Å²) in [6.07, 6.45) is 0. The number of piperazine rings is 1. The third-order valence-corrected chi connectivity index (χ3v) is 4.11. The number of anilines is 2. The monoisotopic (exact) mass is 247 g/mol. The van der Waals surface area contributed by atoms with Crippen LogP contribution in [0.15, 0.2) is 24.3 Å². The van der Waals surface area contributed by atoms with Gasteiger partial charge in [-0.2, -0.15) is 0 Å². The Kier molecular flexibility index (Phi) is 4.12. The van der Waals surface area contributed by atoms with Gasteiger partial charge in [-0.1, -0.05) is 13.8 Å². The van der Waals surface area contributed by atoms with Crippen molar-refractivity contribution in [2.75, 3.05) is 36.8 Å². The molecule has 0 spiro atoms. The van der Waals surface area contributed by atoms with Crippen molar-refractivity contribution in [1.82, 2.24) is 4.90 Å². The lowest BCUT2D eigenvalue weighted by Gasteiger charge is -2.40. The fourth-order valence-electron chi connectivity index (χ4n) is 2.49. The van der Waals surface area contributed by atoms with Crippen molar-refractivity contribution < 1.29 is 0 Å². The smallest absolute Gasteiger partial charge is 0.0368 e. The molecule has 0 radical (unpaired) electrons. The average Bonchev–Trinajstić information content (AvgIpc) is 2.39. The first-order chi connectivity index (χ1) is 8.58. The van der Waals surface area contributed by atoms with Crippen LogP contribution in [0.4, 0.5) is 11.4 Å². The van der Waals surface area contributed by atoms with Gasteiger partial charge in [-0.05, 0) is 37.1 Å². The van der Waals surface area contributed by atoms with Crippen molar-refractivity contribution in [2.24, 2.45) is 5.92 Å². The maximum Gasteiger partial charge on any atom is 0.0368 e. The van der Waals surface area contributed by atoms with E-state index in [1.165, 1.54) is 5.69 Å². The molecular formula is C15H25N3. The van der Waals surface area contributed by atoms with Gasteiger partial charge < -0.3 is 10.6 Å². The molecule has 1 heterocycles. The highest BCUT2D eigenvalue weighted by atomic mass is 15.3. The number of nitrogens with zero attached hydrogens (tertiary/aromatic N) is 2. The van der Waals surface area contributed by atoms with E-state index in [0.717, 1.165) is 37.8 Å². The number of nitrogens with two attached hydrogens (primary N) is 1. The third-order valence-electron chi connectivity index (χ3n) is 4.11. The van der Waals surface area contributed by atoms with Gasteiger partial charge in [0.25, 0.3) is 0 Å². The quantitative estimate of drug-likeness (QED) is 0.833. The molecule has 1 aromatic carbocycles. The van der Waals surface area contributed by atoms with Crippen LogP contribution in [-0.4, -0.2) is 37.1 Å². The molecular weight excluding hydrogens is 222 g/mol. The van der Waals surface area contributed by atoms with E-state index in [1.807, 2.05) is 12.1 Å². The molecule has 18 heavy (non-hydrogen) atoms. The molecule has 1 fully saturated rings. The van der Waals surface area contributed by atoms with Crippen LogP contribution < -0.4 is 10.6 Å². The van der Waals surface area contributed by atoms with Crippen molar-refractivity contribution in [3.8, 4) is 0 Å². The Hall–Kier alpha value is -1.22. The largest absolute Gasteiger partial charge is 0.399 e. The van der Waals surface area contributed by atoms with Crippen molar-refractivity contribution >= 4 is 11.4 Å². The summed E-state index contributed by atoms with van der Waals surface area (Å²) in [6.45, 7) is 11.5. The predicted octanol–water partition coefficient (Wildman–Crippen LogP) is 2.44. The maximum atomic E-state index is 5.72. The summed E-state index contributed by atoms with van der Waals surface area (Å²) in [6, 6.07) is 8.89. The molecule has 1 aromatic rings. The summed E-state index contributed by atoms with van der Waals surface area (Å²) in [5.41, 5.74) is 7.86. The Bertz CT molecular complexity index is 364. The summed E-state index contributed by atoms with van der Waals surface area (Å²) in [4.78, 5) is 5.04. The summed E-state index contributed by atoms with van der Waals surface area (Å²) >= 11 is 0. The predicted molar refractivity (Wildman–Crippen MR) is 78.9 cm³/mol. The summed E-state index contributed by atoms with van der Waals surface area (Å²) in [7, 11) is 0. The van der Waals surface area contributed by atoms with Crippen LogP contribution in [0.2, 0.25) is 0 Å². The summed E-state index contributed by atoms with van der Waals surface area (Å²) in [5.74, 6) is 0.730. The van der Waals surface area contributed by atoms with Gasteiger partial charge in [0.1, 0.15) is 0 Å². The fraction of sp³-hybridized carbons (Fsp3) is 0.600. The summed E-state index contributed by atoms with van der Waals surface area (Å²) < 4.78 is 0. The second kappa shape index (κ2) is 5.61. The molecule has 1 aliphatic heterocycles. The lowest BCUT2D eigenvalue weighted by Crippen LogP contribution is -2.50. The topological polar surface area (TPSA) is 32.5 Å². The van der Waals surface area contributed by atoms with Crippen LogP contribution in [0.1, 0.15) is 20.8 Å². The Morgan fingerprint density at radius 1 is 0.944 bits per heavy atom. The minimum atomic E-state index is 0.679. The van der Waals surface area contributed by atoms with Crippen molar-refractivity contribution in [1.29, 1.82) is 0 Å². The first-order valence-electron chi connectivity index (χ1n) is 6.92. The van der Waals surface area contributed by atoms with Gasteiger partial charge in [0.2, 0.25) is 0 Å². The minimum absolute atomic E-state index is 0.679. The SMILES string of the molecule is CC(C)C(C)N1CCN(c2ccc(N)cc2)CC1. The molecule has 3 heteroatoms. The number of nitrogen functional groups attached to an aromatic ring is 1. The molecule has 0 aliphatic carbocycles. The van der Waals surface area contributed by atoms with Crippen molar-refractivity contribution in [3.05, 3.63) is 24.3 Å². The van der Waals surface area contributed by atoms with E-state index in [1.54, 1.807) is 0 Å². The number of hydrogen-bond acceptors (Lipinski definition) is 3. The lowest BCUT2D eigenvalue weighted by atomic mass is 10.0. The lowest BCUT2D eigenvalue weighted by molar-refractivity contribution is 0.159. The molecule has 1 saturated heterocycles. The molecule has 0 bridgehead atoms. The van der Waals surface area contributed by atoms with Gasteiger partial charge in [0, 0.05) is 43.6 Å². The van der Waals surface area contributed by atoms with E-state index in [-0.39, 0.29) is 0 Å². The highest BCUT2D eigenvalue weighted by molar-refractivity contribution is 5.53. The van der Waals surface area contributed by atoms with Crippen LogP contribution in [0.5, 0.6) is 0 Å². The maximum absolute atomic E-state index is 5.72. The normalized spacial score (nSPS) is 19.2. The number of rotatable bonds is 3. The standard InChI is InChI=1S/C15H25N3/c1-12(2)13(3)17-8-10-18(11-9-17)15-6-4-14(16)5-7-15/h4-7,12-13H,8-11,16H2,1-3H3. The molecule has 2 rings (SSSR count). The van der Waals surface area contributed by atoms with Crippen molar-refractivity contribution in [2.45, 2.75) is 26.8 Å². The number of hydrogen-bond donors (Lipinski definition) is 1. The zero-order chi connectivity index (χ0) is 13.1. The van der Waals surface area contributed by atoms with Gasteiger partial charge in [-0.15, -0.1) is 0 Å². The van der Waals surface area contributed by atoms with E-state index in [4.69, 9.17) is 5.73 Å². The van der Waals surface area contributed by atoms with Gasteiger partial charge >= 0.3 is 0 Å². The van der Waals surface area contributed by atoms with Crippen LogP contribution >= 0.6 is 0 Å². The van der Waals surface area contributed by atoms with E-state index in [9.17, 15) is 0 Å². The van der Waals surface area contributed by atoms with Crippen LogP contribution in [0, 0.1) is 5.92 Å². The second-order valence-electron chi connectivity index (χ2n) is 5.60. The van der Waals surface area contributed by atoms with E-state index >= 15 is 0 Å². The highest BCUT2D eigenvalue weighted by Gasteiger charge is 2.22. The Morgan fingerprint density at radius 2 is 1.50 bits per heavy atom. The third kappa shape index (κ3) is 2.96. The molecule has 1 unspecified atom stereocenters. The van der Waals surface area contributed by atoms with Gasteiger partial charge in [0.05, 0.1) is 0 Å². The second-order valence-corrected chi connectivity index (χ2v) is 5.60. The summed E-state index contributed by atoms with van der Waals surface area (Å²) in [5, 5.41) is 0. The minimum Gasteiger partial charge on any atom is -0.399 e. The number of benzene rings is 1. The molecule has 2 N–H and O–H groups in total. The van der Waals surface area contributed by atoms with Crippen LogP contribution in [0.3, 0.4) is 0 Å². The molecule has 1 aliphatic rings. The molecule has 0 amide bonds. The van der Waals surface area contributed by atoms with E-state index < -0.39 is 0 Å². The van der Waals surface area contributed by atoms with Gasteiger partial charge in [0.15, 0.2) is 0 Å². The van der Waals surface area contributed by atoms with E-state index in [2.05, 4.69) is 42.7 Å². The van der Waals surface area contributed by atoms with E-state index in [0.29, 0.717) is 6.04 Å². The van der Waals surface area contributed by atoms with Crippen LogP contribution in [-0.2, 0) is 0 Å². The fourth-order valence-corrected chi connectivity index (χ4v) is 2.49. The first kappa shape index (κ1) is 13.2. The average molecular weight is 247 g/mol. The molecule has 0 aromatic heterocycles. The zero-order valence-corrected chi connectivity index (χ0v) is 11.8. The van der Waals surface area contributed by atoms with Gasteiger partial charge in [-0.25, -0.2) is 0 Å². The zero-order valence-electron chi connectivity index (χ0n) is 11.8. The van der Waals surface area contributed by atoms with Crippen molar-refractivity contribution in [3.63, 3.8) is 0 Å². The first-order valence-corrected chi connectivity index (χ1v) is 6.92. The van der Waals surface area contributed by atoms with Crippen LogP contribution in [0.25, 0.3) is 0 Å². The Labute approximate surface area is 111 Å². The van der Waals surface area contributed by atoms with Gasteiger partial charge in [-0.3, -0.25) is 4.90 Å². The Balaban J connectivity index is 1.92. The highest BCUT2D eigenvalue weighted by Crippen LogP contribution is 2.20. The molecule has 1 atom stereocenters. The molecule has 3 nitrogen and oxygen atoms in total. The molecule has 0 saturated carbocycles. The molecule has 100 valence electrons.